The largest absolute Gasteiger partial charge is 0.497 e. The van der Waals surface area contributed by atoms with Gasteiger partial charge in [0, 0.05) is 24.2 Å². The molecule has 0 spiro atoms. The molecule has 2 aromatic heterocycles. The van der Waals surface area contributed by atoms with Gasteiger partial charge >= 0.3 is 0 Å². The molecule has 204 valence electrons. The van der Waals surface area contributed by atoms with Gasteiger partial charge in [-0.15, -0.1) is 5.10 Å². The Labute approximate surface area is 233 Å². The highest BCUT2D eigenvalue weighted by Gasteiger charge is 2.33. The molecule has 1 N–H and O–H groups in total. The van der Waals surface area contributed by atoms with Gasteiger partial charge in [-0.2, -0.15) is 0 Å². The van der Waals surface area contributed by atoms with Crippen LogP contribution in [0.3, 0.4) is 0 Å². The number of aromatic amines is 1. The van der Waals surface area contributed by atoms with E-state index in [9.17, 15) is 4.79 Å². The molecule has 0 bridgehead atoms. The fourth-order valence-electron chi connectivity index (χ4n) is 5.86. The Balaban J connectivity index is 1.52. The van der Waals surface area contributed by atoms with Crippen LogP contribution in [-0.4, -0.2) is 37.2 Å². The van der Waals surface area contributed by atoms with E-state index in [1.54, 1.807) is 7.11 Å². The zero-order valence-corrected chi connectivity index (χ0v) is 23.0. The Hall–Kier alpha value is -4.30. The first-order chi connectivity index (χ1) is 19.6. The molecule has 6 rings (SSSR count). The number of tetrazole rings is 1. The van der Waals surface area contributed by atoms with Crippen molar-refractivity contribution in [1.82, 2.24) is 30.1 Å². The van der Waals surface area contributed by atoms with E-state index in [4.69, 9.17) is 4.74 Å². The molecule has 0 saturated heterocycles. The van der Waals surface area contributed by atoms with Gasteiger partial charge in [-0.05, 0) is 77.0 Å². The van der Waals surface area contributed by atoms with Crippen molar-refractivity contribution < 1.29 is 4.74 Å². The lowest BCUT2D eigenvalue weighted by Gasteiger charge is -2.32. The van der Waals surface area contributed by atoms with Crippen LogP contribution in [-0.2, 0) is 13.1 Å². The number of hydrogen-bond donors (Lipinski definition) is 1. The number of fused-ring (bicyclic) bond motifs is 1. The SMILES string of the molecule is COc1ccc(CN(Cc2ccccc2)[C@@H](c2cc3cc(C)ccc3[nH]c2=O)c2nnnn2C2CCCC2)cc1. The summed E-state index contributed by atoms with van der Waals surface area (Å²) in [4.78, 5) is 19.2. The van der Waals surface area contributed by atoms with Gasteiger partial charge in [0.25, 0.3) is 5.56 Å². The van der Waals surface area contributed by atoms with Crippen molar-refractivity contribution in [2.24, 2.45) is 0 Å². The van der Waals surface area contributed by atoms with Crippen molar-refractivity contribution in [2.75, 3.05) is 7.11 Å². The molecular weight excluding hydrogens is 500 g/mol. The minimum absolute atomic E-state index is 0.130. The average molecular weight is 535 g/mol. The topological polar surface area (TPSA) is 88.9 Å². The van der Waals surface area contributed by atoms with Gasteiger partial charge in [-0.1, -0.05) is 66.9 Å². The first kappa shape index (κ1) is 26.0. The molecule has 1 fully saturated rings. The number of nitrogens with one attached hydrogen (secondary N) is 1. The second-order valence-corrected chi connectivity index (χ2v) is 10.7. The maximum absolute atomic E-state index is 13.8. The number of methoxy groups -OCH3 is 1. The number of aromatic nitrogens is 5. The summed E-state index contributed by atoms with van der Waals surface area (Å²) >= 11 is 0. The van der Waals surface area contributed by atoms with E-state index in [0.717, 1.165) is 59.0 Å². The van der Waals surface area contributed by atoms with Gasteiger partial charge in [0.2, 0.25) is 0 Å². The maximum Gasteiger partial charge on any atom is 0.253 e. The summed E-state index contributed by atoms with van der Waals surface area (Å²) in [5.74, 6) is 1.51. The first-order valence-electron chi connectivity index (χ1n) is 13.9. The Morgan fingerprint density at radius 1 is 0.975 bits per heavy atom. The highest BCUT2D eigenvalue weighted by Crippen LogP contribution is 2.35. The second kappa shape index (κ2) is 11.4. The molecule has 0 amide bonds. The predicted molar refractivity (Wildman–Crippen MR) is 155 cm³/mol. The summed E-state index contributed by atoms with van der Waals surface area (Å²) < 4.78 is 7.37. The molecule has 1 aliphatic carbocycles. The van der Waals surface area contributed by atoms with Crippen LogP contribution < -0.4 is 10.3 Å². The molecule has 1 saturated carbocycles. The summed E-state index contributed by atoms with van der Waals surface area (Å²) in [7, 11) is 1.67. The lowest BCUT2D eigenvalue weighted by Crippen LogP contribution is -2.35. The Morgan fingerprint density at radius 2 is 1.70 bits per heavy atom. The molecule has 0 radical (unpaired) electrons. The summed E-state index contributed by atoms with van der Waals surface area (Å²) in [6.45, 7) is 3.26. The quantitative estimate of drug-likeness (QED) is 0.260. The summed E-state index contributed by atoms with van der Waals surface area (Å²) in [6, 6.07) is 26.3. The average Bonchev–Trinajstić information content (AvgIpc) is 3.67. The minimum atomic E-state index is -0.466. The Bertz CT molecular complexity index is 1640. The number of pyridine rings is 1. The van der Waals surface area contributed by atoms with Crippen molar-refractivity contribution in [3.05, 3.63) is 117 Å². The van der Waals surface area contributed by atoms with Gasteiger partial charge in [0.1, 0.15) is 11.8 Å². The van der Waals surface area contributed by atoms with Crippen LogP contribution >= 0.6 is 0 Å². The lowest BCUT2D eigenvalue weighted by molar-refractivity contribution is 0.190. The number of aryl methyl sites for hydroxylation is 1. The second-order valence-electron chi connectivity index (χ2n) is 10.7. The Morgan fingerprint density at radius 3 is 2.42 bits per heavy atom. The first-order valence-corrected chi connectivity index (χ1v) is 13.9. The molecule has 2 heterocycles. The zero-order valence-electron chi connectivity index (χ0n) is 23.0. The van der Waals surface area contributed by atoms with E-state index >= 15 is 0 Å². The zero-order chi connectivity index (χ0) is 27.5. The third-order valence-electron chi connectivity index (χ3n) is 7.89. The van der Waals surface area contributed by atoms with Gasteiger partial charge in [-0.25, -0.2) is 4.68 Å². The van der Waals surface area contributed by atoms with Crippen LogP contribution in [0, 0.1) is 6.92 Å². The molecule has 3 aromatic carbocycles. The molecule has 1 atom stereocenters. The van der Waals surface area contributed by atoms with Crippen LogP contribution in [0.1, 0.15) is 65.8 Å². The summed E-state index contributed by atoms with van der Waals surface area (Å²) in [5, 5.41) is 14.2. The molecular formula is C32H34N6O2. The molecule has 40 heavy (non-hydrogen) atoms. The van der Waals surface area contributed by atoms with E-state index in [-0.39, 0.29) is 11.6 Å². The number of hydrogen-bond acceptors (Lipinski definition) is 6. The standard InChI is InChI=1S/C32H34N6O2/c1-22-12-17-29-25(18-22)19-28(32(39)33-29)30(31-34-35-36-38(31)26-10-6-7-11-26)37(20-23-8-4-3-5-9-23)21-24-13-15-27(40-2)16-14-24/h3-5,8-9,12-19,26,30H,6-7,10-11,20-21H2,1-2H3,(H,33,39)/t30-/m0/s1. The summed E-state index contributed by atoms with van der Waals surface area (Å²) in [6.07, 6.45) is 4.39. The van der Waals surface area contributed by atoms with Crippen molar-refractivity contribution in [3.63, 3.8) is 0 Å². The predicted octanol–water partition coefficient (Wildman–Crippen LogP) is 5.74. The third kappa shape index (κ3) is 5.40. The van der Waals surface area contributed by atoms with Crippen LogP contribution in [0.5, 0.6) is 5.75 Å². The van der Waals surface area contributed by atoms with E-state index in [1.807, 2.05) is 53.2 Å². The molecule has 8 nitrogen and oxygen atoms in total. The smallest absolute Gasteiger partial charge is 0.253 e. The van der Waals surface area contributed by atoms with Crippen LogP contribution in [0.25, 0.3) is 10.9 Å². The van der Waals surface area contributed by atoms with Gasteiger partial charge in [0.05, 0.1) is 13.2 Å². The lowest BCUT2D eigenvalue weighted by atomic mass is 10.0. The van der Waals surface area contributed by atoms with Gasteiger partial charge < -0.3 is 9.72 Å². The van der Waals surface area contributed by atoms with Gasteiger partial charge in [0.15, 0.2) is 5.82 Å². The normalized spacial score (nSPS) is 14.7. The number of H-pyrrole nitrogens is 1. The van der Waals surface area contributed by atoms with Crippen molar-refractivity contribution in [2.45, 2.75) is 57.8 Å². The third-order valence-corrected chi connectivity index (χ3v) is 7.89. The number of benzene rings is 3. The van der Waals surface area contributed by atoms with E-state index in [2.05, 4.69) is 62.7 Å². The minimum Gasteiger partial charge on any atom is -0.497 e. The molecule has 5 aromatic rings. The van der Waals surface area contributed by atoms with Crippen molar-refractivity contribution in [3.8, 4) is 5.75 Å². The molecule has 0 aliphatic heterocycles. The maximum atomic E-state index is 13.8. The highest BCUT2D eigenvalue weighted by molar-refractivity contribution is 5.79. The van der Waals surface area contributed by atoms with Crippen molar-refractivity contribution >= 4 is 10.9 Å². The number of nitrogens with zero attached hydrogens (tertiary/aromatic N) is 5. The van der Waals surface area contributed by atoms with Crippen LogP contribution in [0.4, 0.5) is 0 Å². The van der Waals surface area contributed by atoms with Crippen LogP contribution in [0.2, 0.25) is 0 Å². The Kier molecular flexibility index (Phi) is 7.42. The number of ether oxygens (including phenoxy) is 1. The van der Waals surface area contributed by atoms with Gasteiger partial charge in [-0.3, -0.25) is 9.69 Å². The monoisotopic (exact) mass is 534 g/mol. The molecule has 0 unspecified atom stereocenters. The summed E-state index contributed by atoms with van der Waals surface area (Å²) in [5.41, 5.74) is 4.71. The fourth-order valence-corrected chi connectivity index (χ4v) is 5.86. The van der Waals surface area contributed by atoms with Crippen LogP contribution in [0.15, 0.2) is 83.7 Å². The molecule has 1 aliphatic rings. The van der Waals surface area contributed by atoms with Crippen molar-refractivity contribution in [1.29, 1.82) is 0 Å². The van der Waals surface area contributed by atoms with E-state index in [0.29, 0.717) is 24.5 Å². The van der Waals surface area contributed by atoms with E-state index in [1.165, 1.54) is 0 Å². The highest BCUT2D eigenvalue weighted by atomic mass is 16.5. The van der Waals surface area contributed by atoms with E-state index < -0.39 is 6.04 Å². The number of rotatable bonds is 9. The molecule has 8 heteroatoms. The fraction of sp³-hybridized carbons (Fsp3) is 0.312.